The summed E-state index contributed by atoms with van der Waals surface area (Å²) in [6.45, 7) is 20.4. The second-order valence-electron chi connectivity index (χ2n) is 10.3. The summed E-state index contributed by atoms with van der Waals surface area (Å²) in [7, 11) is 0. The van der Waals surface area contributed by atoms with Crippen LogP contribution in [0.4, 0.5) is 0 Å². The van der Waals surface area contributed by atoms with Crippen molar-refractivity contribution < 1.29 is 14.3 Å². The Morgan fingerprint density at radius 1 is 0.839 bits per heavy atom. The minimum absolute atomic E-state index is 0.0127. The molecule has 0 spiro atoms. The topological polar surface area (TPSA) is 73.9 Å². The normalized spacial score (nSPS) is 16.4. The number of hydrogen-bond donors (Lipinski definition) is 2. The Morgan fingerprint density at radius 2 is 1.29 bits per heavy atom. The number of allylic oxidation sites excluding steroid dienone is 2. The van der Waals surface area contributed by atoms with Crippen LogP contribution in [-0.4, -0.2) is 87.2 Å². The fourth-order valence-electron chi connectivity index (χ4n) is 2.89. The maximum atomic E-state index is 12.0. The third-order valence-corrected chi connectivity index (χ3v) is 4.76. The van der Waals surface area contributed by atoms with Crippen LogP contribution in [0.5, 0.6) is 0 Å². The molecule has 0 saturated carbocycles. The minimum Gasteiger partial charge on any atom is -0.379 e. The van der Waals surface area contributed by atoms with Gasteiger partial charge in [-0.2, -0.15) is 0 Å². The molecule has 0 aromatic heterocycles. The highest BCUT2D eigenvalue weighted by Crippen LogP contribution is 2.14. The lowest BCUT2D eigenvalue weighted by atomic mass is 9.96. The quantitative estimate of drug-likeness (QED) is 0.485. The molecular formula is C24H44N4O3. The number of hydrogen-bond acceptors (Lipinski definition) is 5. The first-order valence-corrected chi connectivity index (χ1v) is 11.4. The first-order valence-electron chi connectivity index (χ1n) is 11.4. The first kappa shape index (κ1) is 27.3. The number of morpholine rings is 1. The van der Waals surface area contributed by atoms with E-state index in [1.165, 1.54) is 0 Å². The zero-order chi connectivity index (χ0) is 23.3. The molecule has 0 aromatic rings. The van der Waals surface area contributed by atoms with Crippen LogP contribution in [0.3, 0.4) is 0 Å². The van der Waals surface area contributed by atoms with Crippen molar-refractivity contribution in [1.82, 2.24) is 20.4 Å². The molecule has 1 fully saturated rings. The summed E-state index contributed by atoms with van der Waals surface area (Å²) < 4.78 is 5.42. The van der Waals surface area contributed by atoms with Crippen molar-refractivity contribution >= 4 is 11.8 Å². The van der Waals surface area contributed by atoms with Gasteiger partial charge in [0.2, 0.25) is 11.8 Å². The van der Waals surface area contributed by atoms with E-state index >= 15 is 0 Å². The number of rotatable bonds is 11. The van der Waals surface area contributed by atoms with Gasteiger partial charge in [-0.15, -0.1) is 0 Å². The van der Waals surface area contributed by atoms with Gasteiger partial charge in [-0.25, -0.2) is 0 Å². The zero-order valence-electron chi connectivity index (χ0n) is 20.5. The van der Waals surface area contributed by atoms with Crippen molar-refractivity contribution in [2.45, 2.75) is 41.5 Å². The van der Waals surface area contributed by atoms with E-state index < -0.39 is 0 Å². The molecule has 178 valence electrons. The molecule has 1 saturated heterocycles. The second-order valence-corrected chi connectivity index (χ2v) is 10.3. The molecule has 0 aliphatic carbocycles. The molecule has 2 amide bonds. The molecule has 1 rings (SSSR count). The van der Waals surface area contributed by atoms with Gasteiger partial charge < -0.3 is 15.4 Å². The minimum atomic E-state index is -0.0660. The molecule has 2 N–H and O–H groups in total. The molecule has 0 atom stereocenters. The number of nitrogens with zero attached hydrogens (tertiary/aromatic N) is 2. The molecule has 0 aromatic carbocycles. The molecule has 1 aliphatic rings. The number of carbonyl (C=O) groups excluding carboxylic acids is 2. The van der Waals surface area contributed by atoms with E-state index in [2.05, 4.69) is 62.0 Å². The van der Waals surface area contributed by atoms with Crippen LogP contribution in [0.1, 0.15) is 41.5 Å². The predicted octanol–water partition coefficient (Wildman–Crippen LogP) is 2.06. The van der Waals surface area contributed by atoms with Gasteiger partial charge in [0.05, 0.1) is 13.2 Å². The SMILES string of the molecule is CC(C)(C)/C=C/C(=O)NCCN(CCNC(=O)/C=C/C(C)(C)C)CCN1CCOCC1. The van der Waals surface area contributed by atoms with Crippen LogP contribution in [0, 0.1) is 10.8 Å². The Kier molecular flexibility index (Phi) is 12.0. The van der Waals surface area contributed by atoms with Gasteiger partial charge in [0.15, 0.2) is 0 Å². The predicted molar refractivity (Wildman–Crippen MR) is 127 cm³/mol. The Hall–Kier alpha value is -1.70. The average molecular weight is 437 g/mol. The lowest BCUT2D eigenvalue weighted by Gasteiger charge is -2.30. The maximum absolute atomic E-state index is 12.0. The maximum Gasteiger partial charge on any atom is 0.243 e. The Morgan fingerprint density at radius 3 is 1.71 bits per heavy atom. The van der Waals surface area contributed by atoms with Gasteiger partial charge in [-0.1, -0.05) is 53.7 Å². The van der Waals surface area contributed by atoms with Crippen LogP contribution >= 0.6 is 0 Å². The van der Waals surface area contributed by atoms with Gasteiger partial charge in [-0.3, -0.25) is 19.4 Å². The average Bonchev–Trinajstić information content (AvgIpc) is 2.68. The fourth-order valence-corrected chi connectivity index (χ4v) is 2.89. The van der Waals surface area contributed by atoms with E-state index in [4.69, 9.17) is 4.74 Å². The van der Waals surface area contributed by atoms with E-state index in [1.54, 1.807) is 12.2 Å². The van der Waals surface area contributed by atoms with E-state index in [0.29, 0.717) is 13.1 Å². The highest BCUT2D eigenvalue weighted by Gasteiger charge is 2.13. The highest BCUT2D eigenvalue weighted by atomic mass is 16.5. The van der Waals surface area contributed by atoms with Gasteiger partial charge >= 0.3 is 0 Å². The van der Waals surface area contributed by atoms with Crippen LogP contribution in [0.25, 0.3) is 0 Å². The van der Waals surface area contributed by atoms with Gasteiger partial charge in [0.25, 0.3) is 0 Å². The fraction of sp³-hybridized carbons (Fsp3) is 0.750. The zero-order valence-corrected chi connectivity index (χ0v) is 20.5. The number of amides is 2. The third-order valence-electron chi connectivity index (χ3n) is 4.76. The molecular weight excluding hydrogens is 392 g/mol. The smallest absolute Gasteiger partial charge is 0.243 e. The number of ether oxygens (including phenoxy) is 1. The van der Waals surface area contributed by atoms with E-state index in [9.17, 15) is 9.59 Å². The van der Waals surface area contributed by atoms with E-state index in [1.807, 2.05) is 12.2 Å². The molecule has 7 heteroatoms. The Balaban J connectivity index is 2.46. The molecule has 0 unspecified atom stereocenters. The third kappa shape index (κ3) is 15.7. The first-order chi connectivity index (χ1) is 14.4. The molecule has 31 heavy (non-hydrogen) atoms. The van der Waals surface area contributed by atoms with E-state index in [-0.39, 0.29) is 22.6 Å². The van der Waals surface area contributed by atoms with Crippen molar-refractivity contribution in [2.24, 2.45) is 10.8 Å². The second kappa shape index (κ2) is 13.7. The van der Waals surface area contributed by atoms with Crippen molar-refractivity contribution in [3.8, 4) is 0 Å². The molecule has 1 aliphatic heterocycles. The Bertz CT molecular complexity index is 555. The molecule has 0 radical (unpaired) electrons. The van der Waals surface area contributed by atoms with Gasteiger partial charge in [0, 0.05) is 52.4 Å². The number of carbonyl (C=O) groups is 2. The van der Waals surface area contributed by atoms with Crippen LogP contribution < -0.4 is 10.6 Å². The lowest BCUT2D eigenvalue weighted by Crippen LogP contribution is -2.45. The summed E-state index contributed by atoms with van der Waals surface area (Å²) in [5.41, 5.74) is -0.0254. The van der Waals surface area contributed by atoms with Crippen molar-refractivity contribution in [2.75, 3.05) is 65.6 Å². The largest absolute Gasteiger partial charge is 0.379 e. The summed E-state index contributed by atoms with van der Waals surface area (Å²) in [4.78, 5) is 28.7. The van der Waals surface area contributed by atoms with Crippen LogP contribution in [0.15, 0.2) is 24.3 Å². The Labute approximate surface area is 189 Å². The summed E-state index contributed by atoms with van der Waals surface area (Å²) in [5, 5.41) is 5.92. The molecule has 7 nitrogen and oxygen atoms in total. The summed E-state index contributed by atoms with van der Waals surface area (Å²) in [6, 6.07) is 0. The summed E-state index contributed by atoms with van der Waals surface area (Å²) >= 11 is 0. The number of nitrogens with one attached hydrogen (secondary N) is 2. The lowest BCUT2D eigenvalue weighted by molar-refractivity contribution is -0.117. The molecule has 1 heterocycles. The monoisotopic (exact) mass is 436 g/mol. The highest BCUT2D eigenvalue weighted by molar-refractivity contribution is 5.87. The van der Waals surface area contributed by atoms with E-state index in [0.717, 1.165) is 52.5 Å². The summed E-state index contributed by atoms with van der Waals surface area (Å²) in [5.74, 6) is -0.132. The van der Waals surface area contributed by atoms with Gasteiger partial charge in [0.1, 0.15) is 0 Å². The van der Waals surface area contributed by atoms with Crippen molar-refractivity contribution in [1.29, 1.82) is 0 Å². The molecule has 0 bridgehead atoms. The van der Waals surface area contributed by atoms with Crippen molar-refractivity contribution in [3.63, 3.8) is 0 Å². The van der Waals surface area contributed by atoms with Gasteiger partial charge in [-0.05, 0) is 23.0 Å². The van der Waals surface area contributed by atoms with Crippen LogP contribution in [0.2, 0.25) is 0 Å². The van der Waals surface area contributed by atoms with Crippen molar-refractivity contribution in [3.05, 3.63) is 24.3 Å². The summed E-state index contributed by atoms with van der Waals surface area (Å²) in [6.07, 6.45) is 7.05. The van der Waals surface area contributed by atoms with Crippen LogP contribution in [-0.2, 0) is 14.3 Å². The standard InChI is InChI=1S/C24H44N4O3/c1-23(2,3)9-7-21(29)25-11-13-27(15-16-28-17-19-31-20-18-28)14-12-26-22(30)8-10-24(4,5)6/h7-10H,11-20H2,1-6H3,(H,25,29)(H,26,30)/b9-7+,10-8+.